The zero-order valence-electron chi connectivity index (χ0n) is 8.18. The first-order chi connectivity index (χ1) is 6.68. The summed E-state index contributed by atoms with van der Waals surface area (Å²) in [5.41, 5.74) is 1.00. The number of aryl methyl sites for hydroxylation is 1. The van der Waals surface area contributed by atoms with Crippen LogP contribution >= 0.6 is 0 Å². The minimum absolute atomic E-state index is 0.217. The van der Waals surface area contributed by atoms with E-state index in [9.17, 15) is 4.79 Å². The van der Waals surface area contributed by atoms with Gasteiger partial charge in [-0.1, -0.05) is 0 Å². The maximum Gasteiger partial charge on any atom is 0.307 e. The zero-order valence-corrected chi connectivity index (χ0v) is 8.18. The minimum Gasteiger partial charge on any atom is -0.481 e. The van der Waals surface area contributed by atoms with Crippen molar-refractivity contribution < 1.29 is 9.90 Å². The molecule has 1 saturated carbocycles. The van der Waals surface area contributed by atoms with E-state index in [1.54, 1.807) is 10.9 Å². The number of carbonyl (C=O) groups is 1. The quantitative estimate of drug-likeness (QED) is 0.780. The molecule has 1 aliphatic rings. The number of aliphatic carboxylic acids is 1. The summed E-state index contributed by atoms with van der Waals surface area (Å²) in [6.45, 7) is 0. The third kappa shape index (κ3) is 1.78. The largest absolute Gasteiger partial charge is 0.481 e. The molecule has 1 aromatic rings. The lowest BCUT2D eigenvalue weighted by Gasteiger charge is -2.10. The third-order valence-corrected chi connectivity index (χ3v) is 2.86. The van der Waals surface area contributed by atoms with Crippen LogP contribution in [0, 0.1) is 11.8 Å². The lowest BCUT2D eigenvalue weighted by atomic mass is 9.98. The van der Waals surface area contributed by atoms with E-state index in [2.05, 4.69) is 5.10 Å². The fourth-order valence-electron chi connectivity index (χ4n) is 1.78. The average molecular weight is 194 g/mol. The molecular formula is C10H14N2O2. The molecule has 0 spiro atoms. The maximum absolute atomic E-state index is 11.0. The van der Waals surface area contributed by atoms with Crippen molar-refractivity contribution >= 4 is 5.97 Å². The highest BCUT2D eigenvalue weighted by Crippen LogP contribution is 2.38. The van der Waals surface area contributed by atoms with Gasteiger partial charge in [-0.05, 0) is 24.8 Å². The van der Waals surface area contributed by atoms with Gasteiger partial charge >= 0.3 is 5.97 Å². The molecule has 0 amide bonds. The monoisotopic (exact) mass is 194 g/mol. The molecule has 0 radical (unpaired) electrons. The SMILES string of the molecule is Cn1nccc1CC(C(=O)O)C1CC1. The van der Waals surface area contributed by atoms with E-state index in [4.69, 9.17) is 5.11 Å². The molecule has 0 saturated heterocycles. The van der Waals surface area contributed by atoms with E-state index in [0.29, 0.717) is 12.3 Å². The van der Waals surface area contributed by atoms with E-state index in [1.165, 1.54) is 0 Å². The first-order valence-corrected chi connectivity index (χ1v) is 4.88. The highest BCUT2D eigenvalue weighted by Gasteiger charge is 2.36. The Kier molecular flexibility index (Phi) is 2.27. The van der Waals surface area contributed by atoms with Crippen molar-refractivity contribution in [3.63, 3.8) is 0 Å². The third-order valence-electron chi connectivity index (χ3n) is 2.86. The van der Waals surface area contributed by atoms with Crippen LogP contribution in [0.5, 0.6) is 0 Å². The van der Waals surface area contributed by atoms with Gasteiger partial charge in [0.05, 0.1) is 5.92 Å². The molecule has 4 heteroatoms. The summed E-state index contributed by atoms with van der Waals surface area (Å²) in [5.74, 6) is -0.499. The molecule has 76 valence electrons. The molecule has 1 aromatic heterocycles. The summed E-state index contributed by atoms with van der Waals surface area (Å²) in [7, 11) is 1.85. The average Bonchev–Trinajstić information content (AvgIpc) is 2.87. The van der Waals surface area contributed by atoms with Crippen molar-refractivity contribution in [2.45, 2.75) is 19.3 Å². The highest BCUT2D eigenvalue weighted by atomic mass is 16.4. The van der Waals surface area contributed by atoms with Crippen molar-refractivity contribution in [2.75, 3.05) is 0 Å². The van der Waals surface area contributed by atoms with E-state index in [0.717, 1.165) is 18.5 Å². The van der Waals surface area contributed by atoms with Gasteiger partial charge in [0.25, 0.3) is 0 Å². The van der Waals surface area contributed by atoms with Gasteiger partial charge in [0.2, 0.25) is 0 Å². The molecule has 0 aliphatic heterocycles. The van der Waals surface area contributed by atoms with Crippen molar-refractivity contribution in [1.82, 2.24) is 9.78 Å². The van der Waals surface area contributed by atoms with Gasteiger partial charge in [-0.3, -0.25) is 9.48 Å². The Morgan fingerprint density at radius 3 is 2.93 bits per heavy atom. The fraction of sp³-hybridized carbons (Fsp3) is 0.600. The summed E-state index contributed by atoms with van der Waals surface area (Å²) in [6.07, 6.45) is 4.45. The van der Waals surface area contributed by atoms with E-state index >= 15 is 0 Å². The van der Waals surface area contributed by atoms with E-state index < -0.39 is 5.97 Å². The smallest absolute Gasteiger partial charge is 0.307 e. The van der Waals surface area contributed by atoms with Crippen LogP contribution in [-0.2, 0) is 18.3 Å². The molecule has 1 fully saturated rings. The summed E-state index contributed by atoms with van der Waals surface area (Å²) in [6, 6.07) is 1.89. The first kappa shape index (κ1) is 9.24. The van der Waals surface area contributed by atoms with Gasteiger partial charge in [0.15, 0.2) is 0 Å². The van der Waals surface area contributed by atoms with Gasteiger partial charge in [-0.2, -0.15) is 5.10 Å². The van der Waals surface area contributed by atoms with Gasteiger partial charge < -0.3 is 5.11 Å². The first-order valence-electron chi connectivity index (χ1n) is 4.88. The second kappa shape index (κ2) is 3.44. The second-order valence-electron chi connectivity index (χ2n) is 3.93. The molecule has 1 heterocycles. The number of hydrogen-bond donors (Lipinski definition) is 1. The Morgan fingerprint density at radius 2 is 2.50 bits per heavy atom. The van der Waals surface area contributed by atoms with Crippen LogP contribution in [0.25, 0.3) is 0 Å². The number of rotatable bonds is 4. The van der Waals surface area contributed by atoms with Crippen LogP contribution in [0.4, 0.5) is 0 Å². The summed E-state index contributed by atoms with van der Waals surface area (Å²) in [4.78, 5) is 11.0. The molecule has 1 unspecified atom stereocenters. The number of carboxylic acid groups (broad SMARTS) is 1. The number of carboxylic acids is 1. The van der Waals surface area contributed by atoms with Crippen LogP contribution in [-0.4, -0.2) is 20.9 Å². The Labute approximate surface area is 82.5 Å². The normalized spacial score (nSPS) is 18.1. The number of nitrogens with zero attached hydrogens (tertiary/aromatic N) is 2. The van der Waals surface area contributed by atoms with Crippen molar-refractivity contribution in [3.05, 3.63) is 18.0 Å². The van der Waals surface area contributed by atoms with E-state index in [-0.39, 0.29) is 5.92 Å². The summed E-state index contributed by atoms with van der Waals surface area (Å²) in [5, 5.41) is 13.1. The Balaban J connectivity index is 2.07. The fourth-order valence-corrected chi connectivity index (χ4v) is 1.78. The summed E-state index contributed by atoms with van der Waals surface area (Å²) >= 11 is 0. The zero-order chi connectivity index (χ0) is 10.1. The van der Waals surface area contributed by atoms with Crippen molar-refractivity contribution in [2.24, 2.45) is 18.9 Å². The number of aromatic nitrogens is 2. The standard InChI is InChI=1S/C10H14N2O2/c1-12-8(4-5-11-12)6-9(10(13)14)7-2-3-7/h4-5,7,9H,2-3,6H2,1H3,(H,13,14). The Hall–Kier alpha value is -1.32. The molecule has 1 N–H and O–H groups in total. The lowest BCUT2D eigenvalue weighted by Crippen LogP contribution is -2.19. The van der Waals surface area contributed by atoms with Crippen LogP contribution in [0.2, 0.25) is 0 Å². The minimum atomic E-state index is -0.672. The second-order valence-corrected chi connectivity index (χ2v) is 3.93. The Bertz CT molecular complexity index is 342. The van der Waals surface area contributed by atoms with E-state index in [1.807, 2.05) is 13.1 Å². The predicted molar refractivity (Wildman–Crippen MR) is 50.8 cm³/mol. The van der Waals surface area contributed by atoms with Gasteiger partial charge in [-0.15, -0.1) is 0 Å². The highest BCUT2D eigenvalue weighted by molar-refractivity contribution is 5.71. The predicted octanol–water partition coefficient (Wildman–Crippen LogP) is 1.07. The molecular weight excluding hydrogens is 180 g/mol. The van der Waals surface area contributed by atoms with Crippen LogP contribution in [0.3, 0.4) is 0 Å². The Morgan fingerprint density at radius 1 is 1.79 bits per heavy atom. The van der Waals surface area contributed by atoms with Gasteiger partial charge in [-0.25, -0.2) is 0 Å². The number of hydrogen-bond acceptors (Lipinski definition) is 2. The molecule has 1 atom stereocenters. The molecule has 14 heavy (non-hydrogen) atoms. The molecule has 1 aliphatic carbocycles. The van der Waals surface area contributed by atoms with Crippen LogP contribution in [0.1, 0.15) is 18.5 Å². The molecule has 2 rings (SSSR count). The van der Waals surface area contributed by atoms with Gasteiger partial charge in [0, 0.05) is 25.4 Å². The molecule has 4 nitrogen and oxygen atoms in total. The summed E-state index contributed by atoms with van der Waals surface area (Å²) < 4.78 is 1.75. The topological polar surface area (TPSA) is 55.1 Å². The molecule has 0 bridgehead atoms. The van der Waals surface area contributed by atoms with Crippen LogP contribution < -0.4 is 0 Å². The van der Waals surface area contributed by atoms with Crippen molar-refractivity contribution in [1.29, 1.82) is 0 Å². The van der Waals surface area contributed by atoms with Gasteiger partial charge in [0.1, 0.15) is 0 Å². The lowest BCUT2D eigenvalue weighted by molar-refractivity contribution is -0.142. The van der Waals surface area contributed by atoms with Crippen molar-refractivity contribution in [3.8, 4) is 0 Å². The molecule has 0 aromatic carbocycles. The van der Waals surface area contributed by atoms with Crippen LogP contribution in [0.15, 0.2) is 12.3 Å². The maximum atomic E-state index is 11.0.